The SMILES string of the molecule is COc1cc2nn([C@H]3CN(C)C[C@H]3F)cc2cc1Br. The number of methoxy groups -OCH3 is 1. The Morgan fingerprint density at radius 2 is 2.21 bits per heavy atom. The Morgan fingerprint density at radius 3 is 2.84 bits per heavy atom. The predicted octanol–water partition coefficient (Wildman–Crippen LogP) is 2.63. The largest absolute Gasteiger partial charge is 0.495 e. The van der Waals surface area contributed by atoms with E-state index in [0.29, 0.717) is 13.1 Å². The number of ether oxygens (including phenoxy) is 1. The van der Waals surface area contributed by atoms with Crippen molar-refractivity contribution in [3.63, 3.8) is 0 Å². The maximum absolute atomic E-state index is 13.9. The van der Waals surface area contributed by atoms with Crippen molar-refractivity contribution in [3.8, 4) is 5.75 Å². The minimum atomic E-state index is -0.871. The van der Waals surface area contributed by atoms with Gasteiger partial charge in [0.25, 0.3) is 0 Å². The second-order valence-electron chi connectivity index (χ2n) is 4.96. The molecular weight excluding hydrogens is 313 g/mol. The molecule has 0 radical (unpaired) electrons. The summed E-state index contributed by atoms with van der Waals surface area (Å²) in [6.07, 6.45) is 1.03. The van der Waals surface area contributed by atoms with Gasteiger partial charge in [0.2, 0.25) is 0 Å². The van der Waals surface area contributed by atoms with Crippen LogP contribution in [0, 0.1) is 0 Å². The highest BCUT2D eigenvalue weighted by atomic mass is 79.9. The molecule has 2 aromatic rings. The van der Waals surface area contributed by atoms with E-state index in [0.717, 1.165) is 21.1 Å². The molecule has 102 valence electrons. The molecule has 0 bridgehead atoms. The van der Waals surface area contributed by atoms with E-state index in [1.54, 1.807) is 11.8 Å². The first-order valence-electron chi connectivity index (χ1n) is 6.13. The summed E-state index contributed by atoms with van der Waals surface area (Å²) in [6, 6.07) is 3.60. The van der Waals surface area contributed by atoms with Crippen molar-refractivity contribution in [1.82, 2.24) is 14.7 Å². The van der Waals surface area contributed by atoms with E-state index in [9.17, 15) is 4.39 Å². The van der Waals surface area contributed by atoms with Gasteiger partial charge in [-0.1, -0.05) is 0 Å². The highest BCUT2D eigenvalue weighted by Gasteiger charge is 2.32. The Kier molecular flexibility index (Phi) is 3.22. The van der Waals surface area contributed by atoms with Crippen LogP contribution in [0.3, 0.4) is 0 Å². The van der Waals surface area contributed by atoms with Gasteiger partial charge < -0.3 is 9.64 Å². The van der Waals surface area contributed by atoms with E-state index in [-0.39, 0.29) is 6.04 Å². The fourth-order valence-electron chi connectivity index (χ4n) is 2.55. The van der Waals surface area contributed by atoms with Crippen LogP contribution < -0.4 is 4.74 Å². The topological polar surface area (TPSA) is 30.3 Å². The minimum Gasteiger partial charge on any atom is -0.495 e. The molecule has 6 heteroatoms. The summed E-state index contributed by atoms with van der Waals surface area (Å²) in [6.45, 7) is 1.15. The van der Waals surface area contributed by atoms with Crippen LogP contribution in [0.15, 0.2) is 22.8 Å². The molecule has 0 amide bonds. The molecule has 1 fully saturated rings. The number of benzene rings is 1. The van der Waals surface area contributed by atoms with Crippen molar-refractivity contribution in [3.05, 3.63) is 22.8 Å². The van der Waals surface area contributed by atoms with Crippen molar-refractivity contribution in [2.45, 2.75) is 12.2 Å². The smallest absolute Gasteiger partial charge is 0.136 e. The van der Waals surface area contributed by atoms with Gasteiger partial charge in [0.05, 0.1) is 23.1 Å². The van der Waals surface area contributed by atoms with Crippen LogP contribution in [-0.2, 0) is 0 Å². The quantitative estimate of drug-likeness (QED) is 0.849. The number of rotatable bonds is 2. The van der Waals surface area contributed by atoms with Gasteiger partial charge in [-0.3, -0.25) is 4.68 Å². The van der Waals surface area contributed by atoms with E-state index in [4.69, 9.17) is 4.74 Å². The lowest BCUT2D eigenvalue weighted by Crippen LogP contribution is -2.19. The first-order chi connectivity index (χ1) is 9.08. The van der Waals surface area contributed by atoms with Gasteiger partial charge in [-0.05, 0) is 29.0 Å². The van der Waals surface area contributed by atoms with Crippen LogP contribution in [0.2, 0.25) is 0 Å². The van der Waals surface area contributed by atoms with Crippen LogP contribution >= 0.6 is 15.9 Å². The van der Waals surface area contributed by atoms with Crippen molar-refractivity contribution >= 4 is 26.8 Å². The number of likely N-dealkylation sites (tertiary alicyclic amines) is 1. The number of hydrogen-bond donors (Lipinski definition) is 0. The van der Waals surface area contributed by atoms with Gasteiger partial charge >= 0.3 is 0 Å². The first kappa shape index (κ1) is 12.9. The zero-order chi connectivity index (χ0) is 13.6. The lowest BCUT2D eigenvalue weighted by Gasteiger charge is -2.11. The minimum absolute atomic E-state index is 0.206. The molecule has 4 nitrogen and oxygen atoms in total. The highest BCUT2D eigenvalue weighted by Crippen LogP contribution is 2.31. The fraction of sp³-hybridized carbons (Fsp3) is 0.462. The summed E-state index contributed by atoms with van der Waals surface area (Å²) in [4.78, 5) is 1.98. The van der Waals surface area contributed by atoms with Crippen LogP contribution in [0.1, 0.15) is 6.04 Å². The van der Waals surface area contributed by atoms with E-state index in [1.807, 2.05) is 30.3 Å². The molecule has 0 aliphatic carbocycles. The van der Waals surface area contributed by atoms with Crippen molar-refractivity contribution in [1.29, 1.82) is 0 Å². The van der Waals surface area contributed by atoms with Crippen LogP contribution in [-0.4, -0.2) is 48.1 Å². The Labute approximate surface area is 119 Å². The Balaban J connectivity index is 2.02. The van der Waals surface area contributed by atoms with Gasteiger partial charge in [0, 0.05) is 30.7 Å². The number of hydrogen-bond acceptors (Lipinski definition) is 3. The van der Waals surface area contributed by atoms with Crippen LogP contribution in [0.25, 0.3) is 10.9 Å². The third-order valence-electron chi connectivity index (χ3n) is 3.54. The highest BCUT2D eigenvalue weighted by molar-refractivity contribution is 9.10. The molecule has 1 aromatic heterocycles. The molecule has 1 aliphatic rings. The van der Waals surface area contributed by atoms with E-state index in [1.165, 1.54) is 0 Å². The molecule has 0 saturated carbocycles. The number of fused-ring (bicyclic) bond motifs is 1. The van der Waals surface area contributed by atoms with Gasteiger partial charge in [0.15, 0.2) is 0 Å². The van der Waals surface area contributed by atoms with Crippen molar-refractivity contribution < 1.29 is 9.13 Å². The standard InChI is InChI=1S/C13H15BrFN3O/c1-17-6-10(15)12(7-17)18-5-8-3-9(14)13(19-2)4-11(8)16-18/h3-5,10,12H,6-7H2,1-2H3/t10-,12+/m1/s1. The molecule has 2 heterocycles. The van der Waals surface area contributed by atoms with E-state index in [2.05, 4.69) is 21.0 Å². The summed E-state index contributed by atoms with van der Waals surface area (Å²) < 4.78 is 21.8. The summed E-state index contributed by atoms with van der Waals surface area (Å²) in [5.41, 5.74) is 0.821. The molecule has 1 saturated heterocycles. The lowest BCUT2D eigenvalue weighted by molar-refractivity contribution is 0.268. The normalized spacial score (nSPS) is 24.2. The van der Waals surface area contributed by atoms with Gasteiger partial charge in [-0.25, -0.2) is 4.39 Å². The van der Waals surface area contributed by atoms with Crippen LogP contribution in [0.5, 0.6) is 5.75 Å². The zero-order valence-corrected chi connectivity index (χ0v) is 12.4. The summed E-state index contributed by atoms with van der Waals surface area (Å²) in [7, 11) is 3.54. The van der Waals surface area contributed by atoms with Gasteiger partial charge in [0.1, 0.15) is 11.9 Å². The lowest BCUT2D eigenvalue weighted by atomic mass is 10.2. The number of halogens is 2. The van der Waals surface area contributed by atoms with Gasteiger partial charge in [-0.2, -0.15) is 5.10 Å². The summed E-state index contributed by atoms with van der Waals surface area (Å²) in [5.74, 6) is 0.734. The molecule has 0 spiro atoms. The second kappa shape index (κ2) is 4.76. The molecule has 0 unspecified atom stereocenters. The third kappa shape index (κ3) is 2.23. The van der Waals surface area contributed by atoms with Crippen LogP contribution in [0.4, 0.5) is 4.39 Å². The maximum Gasteiger partial charge on any atom is 0.136 e. The monoisotopic (exact) mass is 327 g/mol. The fourth-order valence-corrected chi connectivity index (χ4v) is 3.07. The average Bonchev–Trinajstić information content (AvgIpc) is 2.90. The molecule has 19 heavy (non-hydrogen) atoms. The van der Waals surface area contributed by atoms with Crippen molar-refractivity contribution in [2.24, 2.45) is 0 Å². The molecule has 0 N–H and O–H groups in total. The molecule has 2 atom stereocenters. The number of aromatic nitrogens is 2. The third-order valence-corrected chi connectivity index (χ3v) is 4.16. The number of nitrogens with zero attached hydrogens (tertiary/aromatic N) is 3. The number of alkyl halides is 1. The van der Waals surface area contributed by atoms with E-state index >= 15 is 0 Å². The van der Waals surface area contributed by atoms with Crippen molar-refractivity contribution in [2.75, 3.05) is 27.2 Å². The Hall–Kier alpha value is -1.14. The summed E-state index contributed by atoms with van der Waals surface area (Å²) >= 11 is 3.45. The molecular formula is C13H15BrFN3O. The Morgan fingerprint density at radius 1 is 1.42 bits per heavy atom. The second-order valence-corrected chi connectivity index (χ2v) is 5.81. The molecule has 1 aromatic carbocycles. The number of likely N-dealkylation sites (N-methyl/N-ethyl adjacent to an activating group) is 1. The zero-order valence-electron chi connectivity index (χ0n) is 10.8. The average molecular weight is 328 g/mol. The molecule has 1 aliphatic heterocycles. The Bertz CT molecular complexity index is 615. The summed E-state index contributed by atoms with van der Waals surface area (Å²) in [5, 5.41) is 5.46. The van der Waals surface area contributed by atoms with Gasteiger partial charge in [-0.15, -0.1) is 0 Å². The maximum atomic E-state index is 13.9. The molecule has 3 rings (SSSR count). The van der Waals surface area contributed by atoms with E-state index < -0.39 is 6.17 Å². The first-order valence-corrected chi connectivity index (χ1v) is 6.93. The predicted molar refractivity (Wildman–Crippen MR) is 75.4 cm³/mol.